The smallest absolute Gasteiger partial charge is 0.311 e. The van der Waals surface area contributed by atoms with Crippen molar-refractivity contribution in [2.24, 2.45) is 0 Å². The molecule has 8 nitrogen and oxygen atoms in total. The van der Waals surface area contributed by atoms with Gasteiger partial charge >= 0.3 is 5.69 Å². The van der Waals surface area contributed by atoms with Gasteiger partial charge in [0.2, 0.25) is 5.91 Å². The molecule has 0 radical (unpaired) electrons. The van der Waals surface area contributed by atoms with Crippen molar-refractivity contribution in [2.75, 3.05) is 43.1 Å². The molecular weight excluding hydrogens is 386 g/mol. The molecule has 0 aliphatic carbocycles. The molecule has 1 aliphatic heterocycles. The summed E-state index contributed by atoms with van der Waals surface area (Å²) < 4.78 is 10.8. The summed E-state index contributed by atoms with van der Waals surface area (Å²) in [6.07, 6.45) is 3.64. The van der Waals surface area contributed by atoms with Crippen LogP contribution >= 0.6 is 0 Å². The summed E-state index contributed by atoms with van der Waals surface area (Å²) in [6, 6.07) is 12.2. The van der Waals surface area contributed by atoms with Gasteiger partial charge in [0, 0.05) is 36.6 Å². The molecule has 2 aromatic rings. The van der Waals surface area contributed by atoms with Crippen LogP contribution < -0.4 is 15.0 Å². The molecular formula is C22H25N3O5. The zero-order valence-electron chi connectivity index (χ0n) is 16.9. The van der Waals surface area contributed by atoms with E-state index in [1.54, 1.807) is 12.1 Å². The van der Waals surface area contributed by atoms with Crippen molar-refractivity contribution in [1.82, 2.24) is 0 Å². The molecule has 0 bridgehead atoms. The van der Waals surface area contributed by atoms with Crippen molar-refractivity contribution >= 4 is 29.0 Å². The van der Waals surface area contributed by atoms with Gasteiger partial charge in [-0.05, 0) is 48.4 Å². The number of nitrogens with one attached hydrogen (secondary N) is 1. The monoisotopic (exact) mass is 411 g/mol. The van der Waals surface area contributed by atoms with Crippen LogP contribution in [0.1, 0.15) is 18.9 Å². The first kappa shape index (κ1) is 21.3. The van der Waals surface area contributed by atoms with Crippen LogP contribution in [0.2, 0.25) is 0 Å². The molecule has 1 N–H and O–H groups in total. The number of carbonyl (C=O) groups excluding carboxylic acids is 1. The van der Waals surface area contributed by atoms with E-state index in [0.717, 1.165) is 25.2 Å². The standard InChI is InChI=1S/C22H25N3O5/c1-2-13-30-21-9-3-17(16-20(21)25(27)28)4-10-22(26)23-18-5-7-19(8-6-18)24-11-14-29-15-12-24/h3-10,16H,2,11-15H2,1H3,(H,23,26)/b10-4+. The molecule has 1 fully saturated rings. The number of morpholine rings is 1. The summed E-state index contributed by atoms with van der Waals surface area (Å²) in [7, 11) is 0. The number of amides is 1. The van der Waals surface area contributed by atoms with Crippen molar-refractivity contribution in [3.63, 3.8) is 0 Å². The second-order valence-electron chi connectivity index (χ2n) is 6.80. The number of nitro benzene ring substituents is 1. The molecule has 0 unspecified atom stereocenters. The van der Waals surface area contributed by atoms with Crippen molar-refractivity contribution in [2.45, 2.75) is 13.3 Å². The van der Waals surface area contributed by atoms with Crippen LogP contribution in [-0.2, 0) is 9.53 Å². The third-order valence-corrected chi connectivity index (χ3v) is 4.58. The van der Waals surface area contributed by atoms with Gasteiger partial charge in [-0.3, -0.25) is 14.9 Å². The van der Waals surface area contributed by atoms with Gasteiger partial charge in [-0.25, -0.2) is 0 Å². The van der Waals surface area contributed by atoms with E-state index < -0.39 is 4.92 Å². The van der Waals surface area contributed by atoms with Crippen LogP contribution in [0.15, 0.2) is 48.5 Å². The molecule has 0 atom stereocenters. The lowest BCUT2D eigenvalue weighted by Gasteiger charge is -2.28. The first-order chi connectivity index (χ1) is 14.6. The number of nitrogens with zero attached hydrogens (tertiary/aromatic N) is 2. The largest absolute Gasteiger partial charge is 0.487 e. The minimum Gasteiger partial charge on any atom is -0.487 e. The minimum atomic E-state index is -0.488. The number of rotatable bonds is 8. The summed E-state index contributed by atoms with van der Waals surface area (Å²) in [4.78, 5) is 25.2. The second-order valence-corrected chi connectivity index (χ2v) is 6.80. The highest BCUT2D eigenvalue weighted by Gasteiger charge is 2.15. The Morgan fingerprint density at radius 1 is 1.23 bits per heavy atom. The molecule has 1 aliphatic rings. The topological polar surface area (TPSA) is 93.9 Å². The predicted molar refractivity (Wildman–Crippen MR) is 116 cm³/mol. The molecule has 0 aromatic heterocycles. The Kier molecular flexibility index (Phi) is 7.40. The van der Waals surface area contributed by atoms with Crippen LogP contribution in [0, 0.1) is 10.1 Å². The van der Waals surface area contributed by atoms with E-state index in [2.05, 4.69) is 10.2 Å². The number of anilines is 2. The van der Waals surface area contributed by atoms with Crippen LogP contribution in [0.25, 0.3) is 6.08 Å². The van der Waals surface area contributed by atoms with Crippen molar-refractivity contribution in [3.8, 4) is 5.75 Å². The summed E-state index contributed by atoms with van der Waals surface area (Å²) in [5, 5.41) is 14.1. The molecule has 8 heteroatoms. The number of nitro groups is 1. The molecule has 2 aromatic carbocycles. The van der Waals surface area contributed by atoms with Crippen molar-refractivity contribution in [3.05, 3.63) is 64.2 Å². The highest BCUT2D eigenvalue weighted by molar-refractivity contribution is 6.02. The van der Waals surface area contributed by atoms with Gasteiger partial charge in [-0.2, -0.15) is 0 Å². The van der Waals surface area contributed by atoms with Gasteiger partial charge < -0.3 is 19.7 Å². The lowest BCUT2D eigenvalue weighted by molar-refractivity contribution is -0.385. The predicted octanol–water partition coefficient (Wildman–Crippen LogP) is 3.87. The maximum atomic E-state index is 12.2. The maximum absolute atomic E-state index is 12.2. The average molecular weight is 411 g/mol. The molecule has 0 spiro atoms. The first-order valence-corrected chi connectivity index (χ1v) is 9.90. The van der Waals surface area contributed by atoms with Crippen molar-refractivity contribution < 1.29 is 19.2 Å². The Morgan fingerprint density at radius 3 is 2.63 bits per heavy atom. The quantitative estimate of drug-likeness (QED) is 0.403. The maximum Gasteiger partial charge on any atom is 0.311 e. The van der Waals surface area contributed by atoms with Crippen molar-refractivity contribution in [1.29, 1.82) is 0 Å². The van der Waals surface area contributed by atoms with E-state index in [1.807, 2.05) is 31.2 Å². The number of hydrogen-bond donors (Lipinski definition) is 1. The third-order valence-electron chi connectivity index (χ3n) is 4.58. The molecule has 1 heterocycles. The van der Waals surface area contributed by atoms with E-state index in [4.69, 9.17) is 9.47 Å². The van der Waals surface area contributed by atoms with Crippen LogP contribution in [-0.4, -0.2) is 43.7 Å². The zero-order valence-corrected chi connectivity index (χ0v) is 16.9. The first-order valence-electron chi connectivity index (χ1n) is 9.90. The third kappa shape index (κ3) is 5.81. The Hall–Kier alpha value is -3.39. The molecule has 158 valence electrons. The van der Waals surface area contributed by atoms with Gasteiger partial charge in [0.25, 0.3) is 0 Å². The van der Waals surface area contributed by atoms with E-state index in [1.165, 1.54) is 18.2 Å². The van der Waals surface area contributed by atoms with Gasteiger partial charge in [-0.15, -0.1) is 0 Å². The molecule has 1 saturated heterocycles. The summed E-state index contributed by atoms with van der Waals surface area (Å²) >= 11 is 0. The summed E-state index contributed by atoms with van der Waals surface area (Å²) in [6.45, 7) is 5.46. The number of ether oxygens (including phenoxy) is 2. The van der Waals surface area contributed by atoms with Crippen LogP contribution in [0.3, 0.4) is 0 Å². The van der Waals surface area contributed by atoms with Gasteiger partial charge in [0.1, 0.15) is 0 Å². The van der Waals surface area contributed by atoms with E-state index >= 15 is 0 Å². The SMILES string of the molecule is CCCOc1ccc(/C=C/C(=O)Nc2ccc(N3CCOCC3)cc2)cc1[N+](=O)[O-]. The Bertz CT molecular complexity index is 905. The van der Waals surface area contributed by atoms with Gasteiger partial charge in [-0.1, -0.05) is 13.0 Å². The highest BCUT2D eigenvalue weighted by atomic mass is 16.6. The molecule has 3 rings (SSSR count). The second kappa shape index (κ2) is 10.4. The van der Waals surface area contributed by atoms with E-state index in [0.29, 0.717) is 31.1 Å². The van der Waals surface area contributed by atoms with Gasteiger partial charge in [0.05, 0.1) is 24.7 Å². The summed E-state index contributed by atoms with van der Waals surface area (Å²) in [5.41, 5.74) is 2.19. The minimum absolute atomic E-state index is 0.121. The Balaban J connectivity index is 1.61. The summed E-state index contributed by atoms with van der Waals surface area (Å²) in [5.74, 6) is -0.0908. The average Bonchev–Trinajstić information content (AvgIpc) is 2.77. The Morgan fingerprint density at radius 2 is 1.97 bits per heavy atom. The fraction of sp³-hybridized carbons (Fsp3) is 0.318. The van der Waals surface area contributed by atoms with Gasteiger partial charge in [0.15, 0.2) is 5.75 Å². The number of benzene rings is 2. The van der Waals surface area contributed by atoms with Crippen LogP contribution in [0.4, 0.5) is 17.1 Å². The lowest BCUT2D eigenvalue weighted by atomic mass is 10.1. The van der Waals surface area contributed by atoms with Crippen LogP contribution in [0.5, 0.6) is 5.75 Å². The number of carbonyl (C=O) groups is 1. The van der Waals surface area contributed by atoms with E-state index in [9.17, 15) is 14.9 Å². The Labute approximate surface area is 175 Å². The zero-order chi connectivity index (χ0) is 21.3. The molecule has 0 saturated carbocycles. The fourth-order valence-electron chi connectivity index (χ4n) is 3.05. The van der Waals surface area contributed by atoms with E-state index in [-0.39, 0.29) is 17.3 Å². The number of hydrogen-bond acceptors (Lipinski definition) is 6. The molecule has 30 heavy (non-hydrogen) atoms. The normalized spacial score (nSPS) is 14.0. The molecule has 1 amide bonds. The lowest BCUT2D eigenvalue weighted by Crippen LogP contribution is -2.36. The highest BCUT2D eigenvalue weighted by Crippen LogP contribution is 2.28. The fourth-order valence-corrected chi connectivity index (χ4v) is 3.05.